The Hall–Kier alpha value is -5.51. The quantitative estimate of drug-likeness (QED) is 0.234. The maximum Gasteiger partial charge on any atom is 0.230 e. The Morgan fingerprint density at radius 1 is 0.905 bits per heavy atom. The Bertz CT molecular complexity index is 2040. The molecular weight excluding hydrogens is 537 g/mol. The predicted molar refractivity (Wildman–Crippen MR) is 160 cm³/mol. The van der Waals surface area contributed by atoms with Crippen LogP contribution in [0.1, 0.15) is 5.56 Å². The molecule has 6 rings (SSSR count). The third kappa shape index (κ3) is 4.83. The molecule has 0 fully saturated rings. The number of hydrogen-bond donors (Lipinski definition) is 1. The van der Waals surface area contributed by atoms with Crippen molar-refractivity contribution in [1.29, 1.82) is 0 Å². The van der Waals surface area contributed by atoms with E-state index in [2.05, 4.69) is 20.3 Å². The van der Waals surface area contributed by atoms with E-state index in [4.69, 9.17) is 14.2 Å². The van der Waals surface area contributed by atoms with Gasteiger partial charge in [0.05, 0.1) is 36.0 Å². The zero-order chi connectivity index (χ0) is 29.4. The van der Waals surface area contributed by atoms with Crippen molar-refractivity contribution in [2.75, 3.05) is 19.5 Å². The predicted octanol–water partition coefficient (Wildman–Crippen LogP) is 6.54. The molecule has 42 heavy (non-hydrogen) atoms. The Labute approximate surface area is 240 Å². The van der Waals surface area contributed by atoms with E-state index in [9.17, 15) is 4.79 Å². The lowest BCUT2D eigenvalue weighted by Crippen LogP contribution is -2.13. The van der Waals surface area contributed by atoms with Gasteiger partial charge in [0.1, 0.15) is 12.1 Å². The Morgan fingerprint density at radius 3 is 2.48 bits per heavy atom. The van der Waals surface area contributed by atoms with Crippen LogP contribution in [-0.2, 0) is 7.05 Å². The van der Waals surface area contributed by atoms with E-state index >= 15 is 4.39 Å². The average molecular weight is 564 g/mol. The van der Waals surface area contributed by atoms with Crippen molar-refractivity contribution < 1.29 is 18.6 Å². The Morgan fingerprint density at radius 2 is 1.71 bits per heavy atom. The first kappa shape index (κ1) is 26.7. The highest BCUT2D eigenvalue weighted by Crippen LogP contribution is 2.37. The van der Waals surface area contributed by atoms with E-state index in [-0.39, 0.29) is 17.1 Å². The number of halogens is 1. The van der Waals surface area contributed by atoms with Crippen molar-refractivity contribution in [1.82, 2.24) is 19.5 Å². The van der Waals surface area contributed by atoms with Crippen LogP contribution in [0.3, 0.4) is 0 Å². The number of ether oxygens (including phenoxy) is 3. The lowest BCUT2D eigenvalue weighted by Gasteiger charge is -2.14. The van der Waals surface area contributed by atoms with E-state index in [1.165, 1.54) is 32.7 Å². The van der Waals surface area contributed by atoms with Crippen LogP contribution in [0.5, 0.6) is 23.1 Å². The van der Waals surface area contributed by atoms with Gasteiger partial charge in [-0.2, -0.15) is 0 Å². The molecule has 6 aromatic rings. The summed E-state index contributed by atoms with van der Waals surface area (Å²) in [7, 11) is 4.92. The number of methoxy groups -OCH3 is 2. The van der Waals surface area contributed by atoms with Crippen LogP contribution >= 0.6 is 0 Å². The van der Waals surface area contributed by atoms with Gasteiger partial charge in [0.25, 0.3) is 0 Å². The number of nitrogens with one attached hydrogen (secondary N) is 1. The van der Waals surface area contributed by atoms with Crippen molar-refractivity contribution in [2.24, 2.45) is 7.05 Å². The summed E-state index contributed by atoms with van der Waals surface area (Å²) in [5.41, 5.74) is 3.86. The molecule has 9 nitrogen and oxygen atoms in total. The molecule has 210 valence electrons. The topological polar surface area (TPSA) is 100 Å². The molecule has 1 N–H and O–H groups in total. The summed E-state index contributed by atoms with van der Waals surface area (Å²) in [4.78, 5) is 26.6. The molecule has 10 heteroatoms. The van der Waals surface area contributed by atoms with E-state index < -0.39 is 5.82 Å². The number of nitrogens with zero attached hydrogens (tertiary/aromatic N) is 4. The largest absolute Gasteiger partial charge is 0.493 e. The molecule has 0 aliphatic carbocycles. The van der Waals surface area contributed by atoms with E-state index in [0.717, 1.165) is 11.1 Å². The maximum absolute atomic E-state index is 15.3. The van der Waals surface area contributed by atoms with Gasteiger partial charge in [-0.15, -0.1) is 0 Å². The molecule has 3 heterocycles. The fraction of sp³-hybridized carbons (Fsp3) is 0.125. The minimum atomic E-state index is -0.638. The first-order valence-corrected chi connectivity index (χ1v) is 13.0. The summed E-state index contributed by atoms with van der Waals surface area (Å²) in [5, 5.41) is 4.04. The first-order chi connectivity index (χ1) is 20.4. The third-order valence-electron chi connectivity index (χ3n) is 6.94. The second-order valence-corrected chi connectivity index (χ2v) is 9.68. The van der Waals surface area contributed by atoms with E-state index in [0.29, 0.717) is 50.4 Å². The number of benzene rings is 3. The lowest BCUT2D eigenvalue weighted by atomic mass is 10.0. The average Bonchev–Trinajstić information content (AvgIpc) is 2.99. The lowest BCUT2D eigenvalue weighted by molar-refractivity contribution is 0.355. The van der Waals surface area contributed by atoms with Crippen LogP contribution in [-0.4, -0.2) is 33.7 Å². The molecule has 0 spiro atoms. The number of aromatic nitrogens is 4. The minimum Gasteiger partial charge on any atom is -0.493 e. The number of anilines is 2. The molecule has 0 saturated heterocycles. The van der Waals surface area contributed by atoms with Crippen LogP contribution in [0.15, 0.2) is 84.2 Å². The number of pyridine rings is 2. The minimum absolute atomic E-state index is 0.0427. The molecule has 3 aromatic carbocycles. The summed E-state index contributed by atoms with van der Waals surface area (Å²) >= 11 is 0. The van der Waals surface area contributed by atoms with Gasteiger partial charge in [-0.3, -0.25) is 4.79 Å². The smallest absolute Gasteiger partial charge is 0.230 e. The van der Waals surface area contributed by atoms with Crippen LogP contribution < -0.4 is 25.0 Å². The van der Waals surface area contributed by atoms with Gasteiger partial charge in [0.15, 0.2) is 23.1 Å². The molecule has 0 aliphatic heterocycles. The van der Waals surface area contributed by atoms with Gasteiger partial charge >= 0.3 is 0 Å². The molecule has 0 atom stereocenters. The normalized spacial score (nSPS) is 11.1. The van der Waals surface area contributed by atoms with E-state index in [1.807, 2.05) is 49.0 Å². The number of rotatable bonds is 7. The summed E-state index contributed by atoms with van der Waals surface area (Å²) in [6, 6.07) is 17.3. The number of hydrogen-bond acceptors (Lipinski definition) is 8. The molecule has 0 unspecified atom stereocenters. The molecule has 0 amide bonds. The summed E-state index contributed by atoms with van der Waals surface area (Å²) in [6.07, 6.45) is 4.75. The zero-order valence-corrected chi connectivity index (χ0v) is 23.3. The van der Waals surface area contributed by atoms with Crippen molar-refractivity contribution in [3.63, 3.8) is 0 Å². The Balaban J connectivity index is 1.35. The number of fused-ring (bicyclic) bond motifs is 2. The summed E-state index contributed by atoms with van der Waals surface area (Å²) in [5.74, 6) is 0.754. The summed E-state index contributed by atoms with van der Waals surface area (Å²) < 4.78 is 33.8. The van der Waals surface area contributed by atoms with Crippen molar-refractivity contribution in [2.45, 2.75) is 6.92 Å². The van der Waals surface area contributed by atoms with Gasteiger partial charge in [0.2, 0.25) is 11.3 Å². The highest BCUT2D eigenvalue weighted by atomic mass is 19.1. The van der Waals surface area contributed by atoms with Gasteiger partial charge < -0.3 is 24.1 Å². The van der Waals surface area contributed by atoms with E-state index in [1.54, 1.807) is 30.5 Å². The zero-order valence-electron chi connectivity index (χ0n) is 23.3. The van der Waals surface area contributed by atoms with Gasteiger partial charge in [0, 0.05) is 42.8 Å². The van der Waals surface area contributed by atoms with Gasteiger partial charge in [-0.1, -0.05) is 29.8 Å². The third-order valence-corrected chi connectivity index (χ3v) is 6.94. The van der Waals surface area contributed by atoms with Crippen molar-refractivity contribution in [3.05, 3.63) is 101 Å². The molecule has 0 radical (unpaired) electrons. The van der Waals surface area contributed by atoms with Crippen LogP contribution in [0.4, 0.5) is 15.9 Å². The molecule has 3 aromatic heterocycles. The fourth-order valence-electron chi connectivity index (χ4n) is 4.88. The SMILES string of the molecule is COc1cc2ncnc(Oc3ccc(Nc4nccc5c4c(=O)c(-c4cccc(C)c4)cn5C)cc3F)c2cc1OC. The second kappa shape index (κ2) is 10.8. The molecule has 0 aliphatic rings. The number of aryl methyl sites for hydroxylation is 2. The molecular formula is C32H26FN5O4. The maximum atomic E-state index is 15.3. The van der Waals surface area contributed by atoms with Crippen LogP contribution in [0.25, 0.3) is 32.9 Å². The standard InChI is InChI=1S/C32H26FN5O4/c1-18-6-5-7-19(12-18)22-16-38(2)25-10-11-34-31(29(25)30(22)39)37-20-8-9-26(23(33)13-20)42-32-21-14-27(40-3)28(41-4)15-24(21)35-17-36-32/h5-17H,1-4H3,(H,34,37). The fourth-order valence-corrected chi connectivity index (χ4v) is 4.88. The van der Waals surface area contributed by atoms with Crippen LogP contribution in [0, 0.1) is 12.7 Å². The van der Waals surface area contributed by atoms with Gasteiger partial charge in [-0.25, -0.2) is 19.3 Å². The Kier molecular flexibility index (Phi) is 6.87. The second-order valence-electron chi connectivity index (χ2n) is 9.68. The van der Waals surface area contributed by atoms with Crippen molar-refractivity contribution in [3.8, 4) is 34.3 Å². The summed E-state index contributed by atoms with van der Waals surface area (Å²) in [6.45, 7) is 1.98. The molecule has 0 saturated carbocycles. The monoisotopic (exact) mass is 563 g/mol. The highest BCUT2D eigenvalue weighted by molar-refractivity contribution is 5.94. The first-order valence-electron chi connectivity index (χ1n) is 13.0. The van der Waals surface area contributed by atoms with Gasteiger partial charge in [-0.05, 0) is 36.8 Å². The molecule has 0 bridgehead atoms. The highest BCUT2D eigenvalue weighted by Gasteiger charge is 2.17. The van der Waals surface area contributed by atoms with Crippen molar-refractivity contribution >= 4 is 33.3 Å². The van der Waals surface area contributed by atoms with Crippen LogP contribution in [0.2, 0.25) is 0 Å².